The molecular weight excluding hydrogens is 362 g/mol. The van der Waals surface area contributed by atoms with Crippen LogP contribution in [0.2, 0.25) is 0 Å². The van der Waals surface area contributed by atoms with Crippen molar-refractivity contribution in [2.24, 2.45) is 0 Å². The zero-order valence-corrected chi connectivity index (χ0v) is 16.9. The molecule has 0 bridgehead atoms. The van der Waals surface area contributed by atoms with Crippen LogP contribution in [-0.4, -0.2) is 25.1 Å². The lowest BCUT2D eigenvalue weighted by molar-refractivity contribution is 0.102. The number of sulfonamides is 1. The Morgan fingerprint density at radius 3 is 2.41 bits per heavy atom. The van der Waals surface area contributed by atoms with Gasteiger partial charge >= 0.3 is 0 Å². The standard InChI is InChI=1S/C20H27N3O3S/c1-14-12-19(15(2)23(14)18-10-5-4-6-11-18)20(24)21-16-8-7-9-17(13-16)22-27(3,25)26/h7-9,12-13,18,22H,4-6,10-11H2,1-3H3,(H,21,24). The number of hydrogen-bond acceptors (Lipinski definition) is 3. The number of hydrogen-bond donors (Lipinski definition) is 2. The number of anilines is 2. The second kappa shape index (κ2) is 7.76. The Morgan fingerprint density at radius 1 is 1.07 bits per heavy atom. The predicted molar refractivity (Wildman–Crippen MR) is 109 cm³/mol. The van der Waals surface area contributed by atoms with Gasteiger partial charge in [-0.05, 0) is 51.0 Å². The first-order valence-corrected chi connectivity index (χ1v) is 11.2. The van der Waals surface area contributed by atoms with Gasteiger partial charge in [0.25, 0.3) is 5.91 Å². The molecule has 0 atom stereocenters. The first kappa shape index (κ1) is 19.5. The number of benzene rings is 1. The van der Waals surface area contributed by atoms with E-state index in [1.54, 1.807) is 24.3 Å². The second-order valence-electron chi connectivity index (χ2n) is 7.36. The number of nitrogens with zero attached hydrogens (tertiary/aromatic N) is 1. The molecule has 0 unspecified atom stereocenters. The number of rotatable bonds is 5. The lowest BCUT2D eigenvalue weighted by Crippen LogP contribution is -2.17. The number of carbonyl (C=O) groups excluding carboxylic acids is 1. The van der Waals surface area contributed by atoms with Crippen molar-refractivity contribution in [2.45, 2.75) is 52.0 Å². The van der Waals surface area contributed by atoms with Gasteiger partial charge in [-0.3, -0.25) is 9.52 Å². The fourth-order valence-corrected chi connectivity index (χ4v) is 4.54. The zero-order valence-electron chi connectivity index (χ0n) is 16.1. The quantitative estimate of drug-likeness (QED) is 0.803. The van der Waals surface area contributed by atoms with Crippen molar-refractivity contribution in [3.05, 3.63) is 47.3 Å². The highest BCUT2D eigenvalue weighted by molar-refractivity contribution is 7.92. The third-order valence-corrected chi connectivity index (χ3v) is 5.70. The summed E-state index contributed by atoms with van der Waals surface area (Å²) in [6.45, 7) is 4.05. The van der Waals surface area contributed by atoms with Gasteiger partial charge < -0.3 is 9.88 Å². The fraction of sp³-hybridized carbons (Fsp3) is 0.450. The van der Waals surface area contributed by atoms with Crippen molar-refractivity contribution in [2.75, 3.05) is 16.3 Å². The van der Waals surface area contributed by atoms with Gasteiger partial charge in [-0.25, -0.2) is 8.42 Å². The number of nitrogens with one attached hydrogen (secondary N) is 2. The highest BCUT2D eigenvalue weighted by atomic mass is 32.2. The van der Waals surface area contributed by atoms with Crippen molar-refractivity contribution >= 4 is 27.3 Å². The molecule has 1 heterocycles. The first-order valence-electron chi connectivity index (χ1n) is 9.32. The normalized spacial score (nSPS) is 15.5. The van der Waals surface area contributed by atoms with Crippen LogP contribution in [0.15, 0.2) is 30.3 Å². The average molecular weight is 390 g/mol. The molecule has 27 heavy (non-hydrogen) atoms. The van der Waals surface area contributed by atoms with Crippen LogP contribution < -0.4 is 10.0 Å². The van der Waals surface area contributed by atoms with Crippen LogP contribution in [0.3, 0.4) is 0 Å². The van der Waals surface area contributed by atoms with Gasteiger partial charge in [0.05, 0.1) is 17.5 Å². The summed E-state index contributed by atoms with van der Waals surface area (Å²) in [6.07, 6.45) is 7.19. The average Bonchev–Trinajstić information content (AvgIpc) is 2.89. The molecular formula is C20H27N3O3S. The second-order valence-corrected chi connectivity index (χ2v) is 9.10. The van der Waals surface area contributed by atoms with Gasteiger partial charge in [-0.1, -0.05) is 25.3 Å². The molecule has 0 saturated heterocycles. The maximum absolute atomic E-state index is 12.8. The highest BCUT2D eigenvalue weighted by Crippen LogP contribution is 2.32. The van der Waals surface area contributed by atoms with E-state index in [0.29, 0.717) is 23.0 Å². The largest absolute Gasteiger partial charge is 0.345 e. The van der Waals surface area contributed by atoms with Crippen molar-refractivity contribution in [1.29, 1.82) is 0 Å². The zero-order chi connectivity index (χ0) is 19.6. The summed E-state index contributed by atoms with van der Waals surface area (Å²) in [5.41, 5.74) is 3.73. The Labute approximate surface area is 161 Å². The number of carbonyl (C=O) groups is 1. The maximum atomic E-state index is 12.8. The monoisotopic (exact) mass is 389 g/mol. The molecule has 1 aromatic heterocycles. The van der Waals surface area contributed by atoms with Crippen molar-refractivity contribution < 1.29 is 13.2 Å². The van der Waals surface area contributed by atoms with E-state index in [4.69, 9.17) is 0 Å². The van der Waals surface area contributed by atoms with Crippen LogP contribution >= 0.6 is 0 Å². The lowest BCUT2D eigenvalue weighted by Gasteiger charge is -2.26. The molecule has 1 amide bonds. The molecule has 1 fully saturated rings. The Bertz CT molecular complexity index is 941. The predicted octanol–water partition coefficient (Wildman–Crippen LogP) is 4.23. The Morgan fingerprint density at radius 2 is 1.74 bits per heavy atom. The number of aryl methyl sites for hydroxylation is 1. The van der Waals surface area contributed by atoms with E-state index in [1.165, 1.54) is 19.3 Å². The summed E-state index contributed by atoms with van der Waals surface area (Å²) in [7, 11) is -3.36. The van der Waals surface area contributed by atoms with Gasteiger partial charge in [0.2, 0.25) is 10.0 Å². The Hall–Kier alpha value is -2.28. The van der Waals surface area contributed by atoms with Crippen molar-refractivity contribution in [1.82, 2.24) is 4.57 Å². The van der Waals surface area contributed by atoms with E-state index in [0.717, 1.165) is 30.5 Å². The summed E-state index contributed by atoms with van der Waals surface area (Å²) in [5, 5.41) is 2.88. The molecule has 146 valence electrons. The van der Waals surface area contributed by atoms with Gasteiger partial charge in [-0.15, -0.1) is 0 Å². The minimum atomic E-state index is -3.36. The molecule has 1 aliphatic carbocycles. The van der Waals surface area contributed by atoms with E-state index in [-0.39, 0.29) is 5.91 Å². The Kier molecular flexibility index (Phi) is 5.60. The van der Waals surface area contributed by atoms with Crippen LogP contribution in [0, 0.1) is 13.8 Å². The van der Waals surface area contributed by atoms with Crippen LogP contribution in [-0.2, 0) is 10.0 Å². The van der Waals surface area contributed by atoms with Gasteiger partial charge in [0.1, 0.15) is 0 Å². The molecule has 0 aliphatic heterocycles. The van der Waals surface area contributed by atoms with E-state index < -0.39 is 10.0 Å². The summed E-state index contributed by atoms with van der Waals surface area (Å²) in [5.74, 6) is -0.179. The molecule has 7 heteroatoms. The minimum absolute atomic E-state index is 0.179. The van der Waals surface area contributed by atoms with Crippen LogP contribution in [0.25, 0.3) is 0 Å². The Balaban J connectivity index is 1.80. The minimum Gasteiger partial charge on any atom is -0.345 e. The lowest BCUT2D eigenvalue weighted by atomic mass is 9.95. The first-order chi connectivity index (χ1) is 12.7. The molecule has 1 saturated carbocycles. The van der Waals surface area contributed by atoms with Crippen molar-refractivity contribution in [3.63, 3.8) is 0 Å². The van der Waals surface area contributed by atoms with Crippen molar-refractivity contribution in [3.8, 4) is 0 Å². The summed E-state index contributed by atoms with van der Waals surface area (Å²) < 4.78 is 27.5. The summed E-state index contributed by atoms with van der Waals surface area (Å²) >= 11 is 0. The van der Waals surface area contributed by atoms with Gasteiger partial charge in [0.15, 0.2) is 0 Å². The van der Waals surface area contributed by atoms with Crippen LogP contribution in [0.1, 0.15) is 59.9 Å². The smallest absolute Gasteiger partial charge is 0.257 e. The number of amides is 1. The SMILES string of the molecule is Cc1cc(C(=O)Nc2cccc(NS(C)(=O)=O)c2)c(C)n1C1CCCCC1. The molecule has 1 aromatic carbocycles. The van der Waals surface area contributed by atoms with E-state index in [1.807, 2.05) is 13.0 Å². The molecule has 2 N–H and O–H groups in total. The van der Waals surface area contributed by atoms with Gasteiger partial charge in [-0.2, -0.15) is 0 Å². The van der Waals surface area contributed by atoms with Crippen LogP contribution in [0.4, 0.5) is 11.4 Å². The molecule has 3 rings (SSSR count). The van der Waals surface area contributed by atoms with E-state index >= 15 is 0 Å². The molecule has 2 aromatic rings. The number of aromatic nitrogens is 1. The summed E-state index contributed by atoms with van der Waals surface area (Å²) in [4.78, 5) is 12.8. The maximum Gasteiger partial charge on any atom is 0.257 e. The third-order valence-electron chi connectivity index (χ3n) is 5.09. The molecule has 0 spiro atoms. The molecule has 6 nitrogen and oxygen atoms in total. The van der Waals surface area contributed by atoms with Crippen LogP contribution in [0.5, 0.6) is 0 Å². The molecule has 1 aliphatic rings. The molecule has 0 radical (unpaired) electrons. The van der Waals surface area contributed by atoms with E-state index in [9.17, 15) is 13.2 Å². The topological polar surface area (TPSA) is 80.2 Å². The fourth-order valence-electron chi connectivity index (χ4n) is 3.98. The van der Waals surface area contributed by atoms with Gasteiger partial charge in [0, 0.05) is 23.1 Å². The highest BCUT2D eigenvalue weighted by Gasteiger charge is 2.22. The van der Waals surface area contributed by atoms with E-state index in [2.05, 4.69) is 21.5 Å². The third kappa shape index (κ3) is 4.71. The summed E-state index contributed by atoms with van der Waals surface area (Å²) in [6, 6.07) is 9.12.